The average molecular weight is 209 g/mol. The van der Waals surface area contributed by atoms with Gasteiger partial charge < -0.3 is 14.2 Å². The van der Waals surface area contributed by atoms with Crippen LogP contribution in [0.3, 0.4) is 0 Å². The fraction of sp³-hybridized carbons (Fsp3) is 0.417. The first kappa shape index (κ1) is 11.7. The molecule has 0 N–H and O–H groups in total. The normalized spacial score (nSPS) is 9.87. The lowest BCUT2D eigenvalue weighted by molar-refractivity contribution is 0.346. The molecule has 15 heavy (non-hydrogen) atoms. The molecule has 0 bridgehead atoms. The Morgan fingerprint density at radius 2 is 1.80 bits per heavy atom. The molecule has 1 rings (SSSR count). The summed E-state index contributed by atoms with van der Waals surface area (Å²) >= 11 is 0. The van der Waals surface area contributed by atoms with Crippen LogP contribution in [-0.2, 0) is 6.42 Å². The van der Waals surface area contributed by atoms with Crippen molar-refractivity contribution in [2.75, 3.05) is 21.3 Å². The summed E-state index contributed by atoms with van der Waals surface area (Å²) in [5.41, 5.74) is 1.07. The largest absolute Gasteiger partial charge is 0.497 e. The second-order valence-electron chi connectivity index (χ2n) is 3.13. The van der Waals surface area contributed by atoms with Gasteiger partial charge in [-0.25, -0.2) is 0 Å². The fourth-order valence-corrected chi connectivity index (χ4v) is 1.50. The van der Waals surface area contributed by atoms with Crippen LogP contribution < -0.4 is 14.2 Å². The van der Waals surface area contributed by atoms with Crippen LogP contribution in [0.2, 0.25) is 0 Å². The van der Waals surface area contributed by atoms with Crippen LogP contribution in [0.1, 0.15) is 12.5 Å². The van der Waals surface area contributed by atoms with Crippen molar-refractivity contribution in [2.45, 2.75) is 13.3 Å². The first-order valence-electron chi connectivity index (χ1n) is 4.83. The maximum Gasteiger partial charge on any atom is 0.164 e. The maximum absolute atomic E-state index is 5.32. The van der Waals surface area contributed by atoms with E-state index in [9.17, 15) is 0 Å². The van der Waals surface area contributed by atoms with E-state index < -0.39 is 0 Å². The lowest BCUT2D eigenvalue weighted by atomic mass is 10.1. The molecule has 1 radical (unpaired) electrons. The quantitative estimate of drug-likeness (QED) is 0.745. The van der Waals surface area contributed by atoms with E-state index in [2.05, 4.69) is 6.42 Å². The molecule has 0 fully saturated rings. The SMILES string of the molecule is C[CH]Cc1cc(OC)cc(OC)c1OC. The van der Waals surface area contributed by atoms with Gasteiger partial charge >= 0.3 is 0 Å². The second-order valence-corrected chi connectivity index (χ2v) is 3.13. The minimum Gasteiger partial charge on any atom is -0.497 e. The Labute approximate surface area is 91.0 Å². The van der Waals surface area contributed by atoms with Crippen LogP contribution in [0.15, 0.2) is 12.1 Å². The number of rotatable bonds is 5. The number of hydrogen-bond donors (Lipinski definition) is 0. The Morgan fingerprint density at radius 3 is 2.27 bits per heavy atom. The summed E-state index contributed by atoms with van der Waals surface area (Å²) in [5, 5.41) is 0. The first-order chi connectivity index (χ1) is 7.26. The first-order valence-corrected chi connectivity index (χ1v) is 4.83. The van der Waals surface area contributed by atoms with E-state index in [1.807, 2.05) is 19.1 Å². The van der Waals surface area contributed by atoms with Crippen molar-refractivity contribution < 1.29 is 14.2 Å². The third-order valence-electron chi connectivity index (χ3n) is 2.19. The summed E-state index contributed by atoms with van der Waals surface area (Å²) in [5.74, 6) is 2.26. The Morgan fingerprint density at radius 1 is 1.07 bits per heavy atom. The van der Waals surface area contributed by atoms with E-state index in [4.69, 9.17) is 14.2 Å². The fourth-order valence-electron chi connectivity index (χ4n) is 1.50. The zero-order valence-corrected chi connectivity index (χ0v) is 9.66. The molecule has 1 aromatic carbocycles. The molecule has 0 spiro atoms. The molecule has 3 nitrogen and oxygen atoms in total. The van der Waals surface area contributed by atoms with Gasteiger partial charge in [0, 0.05) is 11.6 Å². The van der Waals surface area contributed by atoms with Crippen LogP contribution in [0.4, 0.5) is 0 Å². The van der Waals surface area contributed by atoms with Crippen LogP contribution in [0, 0.1) is 6.42 Å². The smallest absolute Gasteiger partial charge is 0.164 e. The van der Waals surface area contributed by atoms with Crippen molar-refractivity contribution in [3.63, 3.8) is 0 Å². The van der Waals surface area contributed by atoms with Crippen LogP contribution in [0.25, 0.3) is 0 Å². The van der Waals surface area contributed by atoms with Gasteiger partial charge in [0.1, 0.15) is 5.75 Å². The third-order valence-corrected chi connectivity index (χ3v) is 2.19. The van der Waals surface area contributed by atoms with Gasteiger partial charge in [-0.2, -0.15) is 0 Å². The molecule has 0 saturated heterocycles. The molecule has 3 heteroatoms. The molecular weight excluding hydrogens is 192 g/mol. The minimum absolute atomic E-state index is 0.703. The predicted molar refractivity (Wildman–Crippen MR) is 59.8 cm³/mol. The molecule has 0 aromatic heterocycles. The molecular formula is C12H17O3. The molecule has 83 valence electrons. The molecule has 1 aromatic rings. The molecule has 0 aliphatic rings. The van der Waals surface area contributed by atoms with E-state index in [-0.39, 0.29) is 0 Å². The maximum atomic E-state index is 5.32. The van der Waals surface area contributed by atoms with E-state index in [0.29, 0.717) is 5.75 Å². The van der Waals surface area contributed by atoms with E-state index in [1.165, 1.54) is 0 Å². The van der Waals surface area contributed by atoms with Gasteiger partial charge in [0.05, 0.1) is 21.3 Å². The van der Waals surface area contributed by atoms with E-state index in [1.54, 1.807) is 21.3 Å². The second kappa shape index (κ2) is 5.49. The number of methoxy groups -OCH3 is 3. The summed E-state index contributed by atoms with van der Waals surface area (Å²) in [4.78, 5) is 0. The molecule has 0 aliphatic carbocycles. The molecule has 0 aliphatic heterocycles. The molecule has 0 amide bonds. The zero-order valence-electron chi connectivity index (χ0n) is 9.66. The summed E-state index contributed by atoms with van der Waals surface area (Å²) < 4.78 is 15.8. The molecule has 0 saturated carbocycles. The van der Waals surface area contributed by atoms with Crippen molar-refractivity contribution in [3.05, 3.63) is 24.1 Å². The van der Waals surface area contributed by atoms with Gasteiger partial charge in [0.25, 0.3) is 0 Å². The minimum atomic E-state index is 0.703. The van der Waals surface area contributed by atoms with Crippen molar-refractivity contribution >= 4 is 0 Å². The Hall–Kier alpha value is -1.38. The van der Waals surface area contributed by atoms with Crippen LogP contribution in [-0.4, -0.2) is 21.3 Å². The standard InChI is InChI=1S/C12H17O3/c1-5-6-9-7-10(13-2)8-11(14-3)12(9)15-4/h5,7-8H,6H2,1-4H3. The molecule has 0 atom stereocenters. The highest BCUT2D eigenvalue weighted by Gasteiger charge is 2.11. The molecule has 0 heterocycles. The van der Waals surface area contributed by atoms with Gasteiger partial charge in [-0.05, 0) is 18.9 Å². The molecule has 0 unspecified atom stereocenters. The van der Waals surface area contributed by atoms with Gasteiger partial charge in [-0.3, -0.25) is 0 Å². The summed E-state index contributed by atoms with van der Waals surface area (Å²) in [6.07, 6.45) is 2.90. The average Bonchev–Trinajstić information content (AvgIpc) is 2.28. The Kier molecular flexibility index (Phi) is 4.28. The topological polar surface area (TPSA) is 27.7 Å². The predicted octanol–water partition coefficient (Wildman–Crippen LogP) is 2.48. The number of benzene rings is 1. The van der Waals surface area contributed by atoms with Gasteiger partial charge in [-0.1, -0.05) is 6.92 Å². The lowest BCUT2D eigenvalue weighted by Crippen LogP contribution is -1.97. The Balaban J connectivity index is 3.19. The highest BCUT2D eigenvalue weighted by Crippen LogP contribution is 2.35. The highest BCUT2D eigenvalue weighted by molar-refractivity contribution is 5.52. The van der Waals surface area contributed by atoms with Crippen molar-refractivity contribution in [2.24, 2.45) is 0 Å². The van der Waals surface area contributed by atoms with Crippen LogP contribution >= 0.6 is 0 Å². The summed E-state index contributed by atoms with van der Waals surface area (Å²) in [7, 11) is 4.90. The van der Waals surface area contributed by atoms with Gasteiger partial charge in [0.15, 0.2) is 11.5 Å². The van der Waals surface area contributed by atoms with E-state index >= 15 is 0 Å². The monoisotopic (exact) mass is 209 g/mol. The van der Waals surface area contributed by atoms with E-state index in [0.717, 1.165) is 23.5 Å². The van der Waals surface area contributed by atoms with Crippen molar-refractivity contribution in [1.82, 2.24) is 0 Å². The lowest BCUT2D eigenvalue weighted by Gasteiger charge is -2.14. The van der Waals surface area contributed by atoms with Gasteiger partial charge in [-0.15, -0.1) is 0 Å². The number of hydrogen-bond acceptors (Lipinski definition) is 3. The summed E-state index contributed by atoms with van der Waals surface area (Å²) in [6, 6.07) is 3.78. The van der Waals surface area contributed by atoms with Crippen molar-refractivity contribution in [3.8, 4) is 17.2 Å². The summed E-state index contributed by atoms with van der Waals surface area (Å²) in [6.45, 7) is 2.01. The van der Waals surface area contributed by atoms with Crippen LogP contribution in [0.5, 0.6) is 17.2 Å². The third kappa shape index (κ3) is 2.55. The van der Waals surface area contributed by atoms with Gasteiger partial charge in [0.2, 0.25) is 0 Å². The zero-order chi connectivity index (χ0) is 11.3. The Bertz CT molecular complexity index is 321. The van der Waals surface area contributed by atoms with Crippen molar-refractivity contribution in [1.29, 1.82) is 0 Å². The number of ether oxygens (including phenoxy) is 3. The highest BCUT2D eigenvalue weighted by atomic mass is 16.5.